The summed E-state index contributed by atoms with van der Waals surface area (Å²) in [6.07, 6.45) is 7.27. The van der Waals surface area contributed by atoms with Gasteiger partial charge in [0.15, 0.2) is 0 Å². The highest BCUT2D eigenvalue weighted by molar-refractivity contribution is 7.92. The first-order valence-electron chi connectivity index (χ1n) is 4.77. The van der Waals surface area contributed by atoms with Gasteiger partial charge >= 0.3 is 0 Å². The van der Waals surface area contributed by atoms with Crippen LogP contribution in [-0.4, -0.2) is 12.6 Å². The first kappa shape index (κ1) is 12.0. The molecule has 0 aromatic rings. The van der Waals surface area contributed by atoms with Gasteiger partial charge in [0, 0.05) is 0 Å². The Hall–Kier alpha value is 0.500. The van der Waals surface area contributed by atoms with Gasteiger partial charge < -0.3 is 0 Å². The van der Waals surface area contributed by atoms with Crippen molar-refractivity contribution in [3.8, 4) is 0 Å². The molecule has 5 heteroatoms. The van der Waals surface area contributed by atoms with Crippen molar-refractivity contribution in [1.29, 1.82) is 0 Å². The van der Waals surface area contributed by atoms with Gasteiger partial charge in [-0.3, -0.25) is 4.21 Å². The van der Waals surface area contributed by atoms with Crippen molar-refractivity contribution < 1.29 is 4.21 Å². The van der Waals surface area contributed by atoms with E-state index in [0.717, 1.165) is 12.0 Å². The first-order valence-corrected chi connectivity index (χ1v) is 7.11. The Morgan fingerprint density at radius 3 is 2.67 bits per heavy atom. The van der Waals surface area contributed by atoms with Crippen molar-refractivity contribution in [2.45, 2.75) is 21.7 Å². The van der Waals surface area contributed by atoms with Gasteiger partial charge in [0.25, 0.3) is 3.12 Å². The van der Waals surface area contributed by atoms with Crippen molar-refractivity contribution in [3.05, 3.63) is 23.8 Å². The molecule has 0 saturated heterocycles. The van der Waals surface area contributed by atoms with Crippen molar-refractivity contribution in [2.24, 2.45) is 11.8 Å². The van der Waals surface area contributed by atoms with Gasteiger partial charge in [-0.1, -0.05) is 58.6 Å². The molecule has 0 aliphatic heterocycles. The van der Waals surface area contributed by atoms with E-state index in [1.807, 2.05) is 13.0 Å². The van der Waals surface area contributed by atoms with E-state index in [1.165, 1.54) is 0 Å². The zero-order valence-electron chi connectivity index (χ0n) is 8.12. The van der Waals surface area contributed by atoms with Crippen LogP contribution in [-0.2, 0) is 10.8 Å². The number of halogens is 3. The number of rotatable bonds is 1. The summed E-state index contributed by atoms with van der Waals surface area (Å²) in [5, 5.41) is -0.113. The minimum Gasteiger partial charge on any atom is -0.254 e. The smallest absolute Gasteiger partial charge is 0.254 e. The molecule has 0 spiro atoms. The summed E-state index contributed by atoms with van der Waals surface area (Å²) in [5.41, 5.74) is 1.16. The lowest BCUT2D eigenvalue weighted by molar-refractivity contribution is 0.652. The van der Waals surface area contributed by atoms with Gasteiger partial charge in [-0.25, -0.2) is 0 Å². The molecule has 2 aliphatic rings. The normalized spacial score (nSPS) is 38.9. The number of hydrogen-bond acceptors (Lipinski definition) is 1. The van der Waals surface area contributed by atoms with Crippen LogP contribution in [0.1, 0.15) is 13.3 Å². The Labute approximate surface area is 107 Å². The summed E-state index contributed by atoms with van der Waals surface area (Å²) in [5.74, 6) is 0.680. The predicted molar refractivity (Wildman–Crippen MR) is 66.7 cm³/mol. The van der Waals surface area contributed by atoms with E-state index in [1.54, 1.807) is 0 Å². The molecule has 0 aromatic carbocycles. The van der Waals surface area contributed by atoms with E-state index < -0.39 is 13.9 Å². The molecule has 84 valence electrons. The van der Waals surface area contributed by atoms with Gasteiger partial charge in [-0.15, -0.1) is 0 Å². The molecule has 15 heavy (non-hydrogen) atoms. The van der Waals surface area contributed by atoms with Gasteiger partial charge in [0.2, 0.25) is 0 Å². The van der Waals surface area contributed by atoms with Crippen LogP contribution in [0.5, 0.6) is 0 Å². The van der Waals surface area contributed by atoms with Gasteiger partial charge in [0.05, 0.1) is 16.0 Å². The molecule has 2 rings (SSSR count). The Balaban J connectivity index is 2.31. The highest BCUT2D eigenvalue weighted by Crippen LogP contribution is 2.49. The Morgan fingerprint density at radius 1 is 1.47 bits per heavy atom. The van der Waals surface area contributed by atoms with E-state index in [9.17, 15) is 4.21 Å². The number of alkyl halides is 3. The van der Waals surface area contributed by atoms with E-state index in [2.05, 4.69) is 12.2 Å². The third kappa shape index (κ3) is 2.02. The van der Waals surface area contributed by atoms with Crippen LogP contribution in [0.2, 0.25) is 0 Å². The molecule has 1 unspecified atom stereocenters. The summed E-state index contributed by atoms with van der Waals surface area (Å²) in [6, 6.07) is 0. The minimum atomic E-state index is -1.68. The van der Waals surface area contributed by atoms with E-state index >= 15 is 0 Å². The number of hydrogen-bond donors (Lipinski definition) is 0. The van der Waals surface area contributed by atoms with Crippen molar-refractivity contribution >= 4 is 45.6 Å². The van der Waals surface area contributed by atoms with Crippen LogP contribution in [0.4, 0.5) is 0 Å². The van der Waals surface area contributed by atoms with Crippen molar-refractivity contribution in [3.63, 3.8) is 0 Å². The zero-order valence-corrected chi connectivity index (χ0v) is 11.2. The monoisotopic (exact) mass is 284 g/mol. The summed E-state index contributed by atoms with van der Waals surface area (Å²) in [4.78, 5) is 0. The summed E-state index contributed by atoms with van der Waals surface area (Å²) < 4.78 is 10.4. The van der Waals surface area contributed by atoms with E-state index in [-0.39, 0.29) is 11.2 Å². The molecular weight excluding hydrogens is 275 g/mol. The van der Waals surface area contributed by atoms with Gasteiger partial charge in [0.1, 0.15) is 0 Å². The second kappa shape index (κ2) is 4.06. The number of fused-ring (bicyclic) bond motifs is 2. The lowest BCUT2D eigenvalue weighted by Gasteiger charge is -2.24. The summed E-state index contributed by atoms with van der Waals surface area (Å²) in [6.45, 7) is 1.95. The highest BCUT2D eigenvalue weighted by atomic mass is 35.6. The van der Waals surface area contributed by atoms with Crippen LogP contribution in [0.3, 0.4) is 0 Å². The van der Waals surface area contributed by atoms with E-state index in [0.29, 0.717) is 5.92 Å². The molecule has 0 aromatic heterocycles. The molecule has 1 fully saturated rings. The van der Waals surface area contributed by atoms with Gasteiger partial charge in [-0.05, 0) is 25.2 Å². The van der Waals surface area contributed by atoms with Crippen LogP contribution in [0.25, 0.3) is 0 Å². The van der Waals surface area contributed by atoms with Crippen LogP contribution in [0.15, 0.2) is 23.8 Å². The molecule has 0 heterocycles. The summed E-state index contributed by atoms with van der Waals surface area (Å²) >= 11 is 17.1. The predicted octanol–water partition coefficient (Wildman–Crippen LogP) is 3.58. The number of allylic oxidation sites excluding steroid dienone is 3. The van der Waals surface area contributed by atoms with Crippen LogP contribution in [0, 0.1) is 11.8 Å². The fourth-order valence-electron chi connectivity index (χ4n) is 2.46. The maximum atomic E-state index is 12.1. The second-order valence-electron chi connectivity index (χ2n) is 3.84. The molecule has 2 aliphatic carbocycles. The third-order valence-corrected chi connectivity index (χ3v) is 5.96. The van der Waals surface area contributed by atoms with Crippen LogP contribution < -0.4 is 0 Å². The Bertz CT molecular complexity index is 356. The maximum absolute atomic E-state index is 12.1. The van der Waals surface area contributed by atoms with Crippen molar-refractivity contribution in [2.75, 3.05) is 0 Å². The Morgan fingerprint density at radius 2 is 2.13 bits per heavy atom. The molecule has 1 nitrogen and oxygen atoms in total. The quantitative estimate of drug-likeness (QED) is 0.531. The minimum absolute atomic E-state index is 0.113. The topological polar surface area (TPSA) is 17.1 Å². The lowest BCUT2D eigenvalue weighted by Crippen LogP contribution is -2.30. The standard InChI is InChI=1S/C10H11Cl3OS/c1-2-8-6-3-4-7(5-6)9(8)15(14)10(11,12)13/h2-4,6-7,9H,5H2,1H3/b8-2+/t6-,7+,9-,15?/m0/s1. The van der Waals surface area contributed by atoms with Gasteiger partial charge in [-0.2, -0.15) is 0 Å². The summed E-state index contributed by atoms with van der Waals surface area (Å²) in [7, 11) is -1.47. The molecule has 1 saturated carbocycles. The second-order valence-corrected chi connectivity index (χ2v) is 8.51. The molecule has 2 bridgehead atoms. The fraction of sp³-hybridized carbons (Fsp3) is 0.600. The Kier molecular flexibility index (Phi) is 3.24. The van der Waals surface area contributed by atoms with Crippen LogP contribution >= 0.6 is 34.8 Å². The maximum Gasteiger partial charge on any atom is 0.266 e. The molecule has 0 amide bonds. The fourth-order valence-corrected chi connectivity index (χ4v) is 4.69. The van der Waals surface area contributed by atoms with E-state index in [4.69, 9.17) is 34.8 Å². The first-order chi connectivity index (χ1) is 6.95. The molecule has 4 atom stereocenters. The third-order valence-electron chi connectivity index (χ3n) is 3.05. The molecular formula is C10H11Cl3OS. The lowest BCUT2D eigenvalue weighted by atomic mass is 10.0. The average molecular weight is 286 g/mol. The molecule has 0 N–H and O–H groups in total. The van der Waals surface area contributed by atoms with Crippen molar-refractivity contribution in [1.82, 2.24) is 0 Å². The largest absolute Gasteiger partial charge is 0.266 e. The zero-order chi connectivity index (χ0) is 11.2. The molecule has 0 radical (unpaired) electrons. The average Bonchev–Trinajstić information content (AvgIpc) is 2.73. The highest BCUT2D eigenvalue weighted by Gasteiger charge is 2.48. The SMILES string of the molecule is C/C=C1/[C@@H](S(=O)C(Cl)(Cl)Cl)[C@@H]2C=C[C@H]1C2.